The lowest BCUT2D eigenvalue weighted by atomic mass is 9.97. The lowest BCUT2D eigenvalue weighted by Gasteiger charge is -2.28. The number of amides is 2. The van der Waals surface area contributed by atoms with E-state index in [2.05, 4.69) is 63.7 Å². The highest BCUT2D eigenvalue weighted by Gasteiger charge is 2.24. The Morgan fingerprint density at radius 2 is 2.07 bits per heavy atom. The quantitative estimate of drug-likeness (QED) is 0.480. The van der Waals surface area contributed by atoms with Crippen molar-refractivity contribution < 1.29 is 4.79 Å². The van der Waals surface area contributed by atoms with Crippen LogP contribution < -0.4 is 5.32 Å². The number of urea groups is 1. The molecular formula is C22H21N3OS2. The maximum absolute atomic E-state index is 12.9. The van der Waals surface area contributed by atoms with Gasteiger partial charge in [-0.15, -0.1) is 22.7 Å². The fourth-order valence-electron chi connectivity index (χ4n) is 3.96. The van der Waals surface area contributed by atoms with Crippen LogP contribution in [0.15, 0.2) is 59.4 Å². The highest BCUT2D eigenvalue weighted by atomic mass is 32.1. The Bertz CT molecular complexity index is 1100. The summed E-state index contributed by atoms with van der Waals surface area (Å²) >= 11 is 3.53. The van der Waals surface area contributed by atoms with Gasteiger partial charge in [0.05, 0.1) is 0 Å². The van der Waals surface area contributed by atoms with Gasteiger partial charge in [-0.25, -0.2) is 4.79 Å². The molecule has 3 aromatic heterocycles. The van der Waals surface area contributed by atoms with Crippen LogP contribution in [0.4, 0.5) is 4.79 Å². The van der Waals surface area contributed by atoms with Gasteiger partial charge in [-0.05, 0) is 46.5 Å². The van der Waals surface area contributed by atoms with Gasteiger partial charge < -0.3 is 15.2 Å². The number of benzene rings is 1. The van der Waals surface area contributed by atoms with Gasteiger partial charge in [0.2, 0.25) is 0 Å². The van der Waals surface area contributed by atoms with Crippen LogP contribution >= 0.6 is 22.7 Å². The Morgan fingerprint density at radius 3 is 2.96 bits per heavy atom. The van der Waals surface area contributed by atoms with E-state index in [4.69, 9.17) is 0 Å². The largest absolute Gasteiger partial charge is 0.361 e. The predicted molar refractivity (Wildman–Crippen MR) is 116 cm³/mol. The average molecular weight is 408 g/mol. The number of nitrogens with zero attached hydrogens (tertiary/aromatic N) is 1. The number of aromatic amines is 1. The number of thiophene rings is 2. The van der Waals surface area contributed by atoms with Gasteiger partial charge in [-0.3, -0.25) is 0 Å². The van der Waals surface area contributed by atoms with Crippen LogP contribution in [0.3, 0.4) is 0 Å². The summed E-state index contributed by atoms with van der Waals surface area (Å²) < 4.78 is 0. The summed E-state index contributed by atoms with van der Waals surface area (Å²) in [5.74, 6) is 0.140. The molecule has 4 heterocycles. The Balaban J connectivity index is 1.35. The third-order valence-electron chi connectivity index (χ3n) is 5.44. The number of fused-ring (bicyclic) bond motifs is 2. The summed E-state index contributed by atoms with van der Waals surface area (Å²) in [6.45, 7) is 2.09. The molecule has 0 saturated heterocycles. The topological polar surface area (TPSA) is 48.1 Å². The summed E-state index contributed by atoms with van der Waals surface area (Å²) in [7, 11) is 0. The first-order valence-corrected chi connectivity index (χ1v) is 11.2. The number of rotatable bonds is 4. The highest BCUT2D eigenvalue weighted by molar-refractivity contribution is 7.10. The van der Waals surface area contributed by atoms with Gasteiger partial charge in [0.1, 0.15) is 0 Å². The van der Waals surface area contributed by atoms with Crippen LogP contribution in [0, 0.1) is 0 Å². The summed E-state index contributed by atoms with van der Waals surface area (Å²) in [4.78, 5) is 20.8. The van der Waals surface area contributed by atoms with Gasteiger partial charge in [0.15, 0.2) is 0 Å². The molecule has 28 heavy (non-hydrogen) atoms. The molecule has 0 aliphatic carbocycles. The van der Waals surface area contributed by atoms with Crippen LogP contribution in [0.1, 0.15) is 26.8 Å². The molecule has 0 unspecified atom stereocenters. The third-order valence-corrected chi connectivity index (χ3v) is 7.44. The number of hydrogen-bond donors (Lipinski definition) is 2. The molecule has 1 aliphatic rings. The molecule has 2 amide bonds. The minimum Gasteiger partial charge on any atom is -0.361 e. The van der Waals surface area contributed by atoms with Crippen LogP contribution in [0.2, 0.25) is 0 Å². The molecule has 0 fully saturated rings. The van der Waals surface area contributed by atoms with Crippen LogP contribution in [-0.2, 0) is 13.0 Å². The fourth-order valence-corrected chi connectivity index (χ4v) is 5.69. The smallest absolute Gasteiger partial charge is 0.317 e. The van der Waals surface area contributed by atoms with Crippen molar-refractivity contribution in [1.82, 2.24) is 15.2 Å². The van der Waals surface area contributed by atoms with E-state index < -0.39 is 0 Å². The standard InChI is InChI=1S/C22H21N3OS2/c26-22(25-9-7-20-15(14-25)8-11-28-20)24-13-18(21-6-3-10-27-21)17-12-23-19-5-2-1-4-16(17)19/h1-6,8,10-12,18,23H,7,9,13-14H2,(H,24,26)/t18-/m0/s1. The summed E-state index contributed by atoms with van der Waals surface area (Å²) in [6.07, 6.45) is 3.04. The lowest BCUT2D eigenvalue weighted by Crippen LogP contribution is -2.43. The molecule has 0 saturated carbocycles. The zero-order valence-electron chi connectivity index (χ0n) is 15.4. The Labute approximate surface area is 171 Å². The van der Waals surface area contributed by atoms with E-state index in [1.54, 1.807) is 22.7 Å². The second-order valence-electron chi connectivity index (χ2n) is 7.08. The first kappa shape index (κ1) is 17.5. The van der Waals surface area contributed by atoms with E-state index in [1.807, 2.05) is 11.0 Å². The summed E-state index contributed by atoms with van der Waals surface area (Å²) in [5, 5.41) is 8.64. The minimum absolute atomic E-state index is 0.0262. The van der Waals surface area contributed by atoms with E-state index >= 15 is 0 Å². The van der Waals surface area contributed by atoms with E-state index in [-0.39, 0.29) is 11.9 Å². The fraction of sp³-hybridized carbons (Fsp3) is 0.227. The van der Waals surface area contributed by atoms with Crippen LogP contribution in [0.5, 0.6) is 0 Å². The lowest BCUT2D eigenvalue weighted by molar-refractivity contribution is 0.192. The normalized spacial score (nSPS) is 14.8. The molecule has 1 aromatic carbocycles. The van der Waals surface area contributed by atoms with Crippen molar-refractivity contribution in [3.63, 3.8) is 0 Å². The average Bonchev–Trinajstić information content (AvgIpc) is 3.48. The Morgan fingerprint density at radius 1 is 1.14 bits per heavy atom. The molecule has 2 N–H and O–H groups in total. The van der Waals surface area contributed by atoms with Crippen molar-refractivity contribution in [3.8, 4) is 0 Å². The summed E-state index contributed by atoms with van der Waals surface area (Å²) in [5.41, 5.74) is 3.65. The number of hydrogen-bond acceptors (Lipinski definition) is 3. The number of aromatic nitrogens is 1. The van der Waals surface area contributed by atoms with Crippen LogP contribution in [0.25, 0.3) is 10.9 Å². The summed E-state index contributed by atoms with van der Waals surface area (Å²) in [6, 6.07) is 14.7. The van der Waals surface area contributed by atoms with Crippen molar-refractivity contribution >= 4 is 39.6 Å². The predicted octanol–water partition coefficient (Wildman–Crippen LogP) is 5.19. The number of H-pyrrole nitrogens is 1. The molecule has 0 radical (unpaired) electrons. The van der Waals surface area contributed by atoms with E-state index in [0.29, 0.717) is 13.1 Å². The van der Waals surface area contributed by atoms with Crippen molar-refractivity contribution in [2.45, 2.75) is 18.9 Å². The molecule has 4 aromatic rings. The second-order valence-corrected chi connectivity index (χ2v) is 9.06. The van der Waals surface area contributed by atoms with E-state index in [1.165, 1.54) is 26.3 Å². The van der Waals surface area contributed by atoms with Crippen molar-refractivity contribution in [3.05, 3.63) is 80.3 Å². The van der Waals surface area contributed by atoms with Gasteiger partial charge in [0, 0.05) is 52.4 Å². The maximum Gasteiger partial charge on any atom is 0.317 e. The Kier molecular flexibility index (Phi) is 4.66. The van der Waals surface area contributed by atoms with Gasteiger partial charge in [-0.1, -0.05) is 24.3 Å². The molecule has 5 rings (SSSR count). The minimum atomic E-state index is 0.0262. The molecule has 0 spiro atoms. The Hall–Kier alpha value is -2.57. The first-order valence-electron chi connectivity index (χ1n) is 9.47. The number of para-hydroxylation sites is 1. The molecule has 142 valence electrons. The molecular weight excluding hydrogens is 386 g/mol. The number of carbonyl (C=O) groups excluding carboxylic acids is 1. The van der Waals surface area contributed by atoms with Crippen molar-refractivity contribution in [2.24, 2.45) is 0 Å². The van der Waals surface area contributed by atoms with Crippen LogP contribution in [-0.4, -0.2) is 29.0 Å². The zero-order valence-corrected chi connectivity index (χ0v) is 17.0. The second kappa shape index (κ2) is 7.45. The van der Waals surface area contributed by atoms with E-state index in [0.717, 1.165) is 18.5 Å². The molecule has 4 nitrogen and oxygen atoms in total. The highest BCUT2D eigenvalue weighted by Crippen LogP contribution is 2.33. The number of carbonyl (C=O) groups is 1. The third kappa shape index (κ3) is 3.23. The SMILES string of the molecule is O=C(NC[C@H](c1cccs1)c1c[nH]c2ccccc12)N1CCc2sccc2C1. The first-order chi connectivity index (χ1) is 13.8. The number of nitrogens with one attached hydrogen (secondary N) is 2. The van der Waals surface area contributed by atoms with Crippen molar-refractivity contribution in [1.29, 1.82) is 0 Å². The maximum atomic E-state index is 12.9. The molecule has 1 aliphatic heterocycles. The molecule has 6 heteroatoms. The van der Waals surface area contributed by atoms with Gasteiger partial charge in [0.25, 0.3) is 0 Å². The van der Waals surface area contributed by atoms with Gasteiger partial charge >= 0.3 is 6.03 Å². The molecule has 1 atom stereocenters. The molecule has 0 bridgehead atoms. The monoisotopic (exact) mass is 407 g/mol. The van der Waals surface area contributed by atoms with E-state index in [9.17, 15) is 4.79 Å². The zero-order chi connectivity index (χ0) is 18.9. The van der Waals surface area contributed by atoms with Crippen molar-refractivity contribution in [2.75, 3.05) is 13.1 Å². The van der Waals surface area contributed by atoms with Gasteiger partial charge in [-0.2, -0.15) is 0 Å².